The average Bonchev–Trinajstić information content (AvgIpc) is 2.99. The molecule has 1 heterocycles. The fourth-order valence-electron chi connectivity index (χ4n) is 3.34. The van der Waals surface area contributed by atoms with Crippen LogP contribution in [0.25, 0.3) is 0 Å². The van der Waals surface area contributed by atoms with Crippen molar-refractivity contribution in [1.82, 2.24) is 0 Å². The fraction of sp³-hybridized carbons (Fsp3) is 0.429. The minimum Gasteiger partial charge on any atom is -0.494 e. The Morgan fingerprint density at radius 3 is 2.93 bits per heavy atom. The Bertz CT molecular complexity index is 844. The van der Waals surface area contributed by atoms with Gasteiger partial charge in [0.05, 0.1) is 12.2 Å². The number of rotatable bonds is 7. The second-order valence-corrected chi connectivity index (χ2v) is 8.21. The second-order valence-electron chi connectivity index (χ2n) is 7.10. The molecule has 0 fully saturated rings. The number of amides is 2. The number of thiophene rings is 1. The van der Waals surface area contributed by atoms with Crippen molar-refractivity contribution >= 4 is 28.2 Å². The van der Waals surface area contributed by atoms with Gasteiger partial charge in [-0.15, -0.1) is 11.3 Å². The maximum Gasteiger partial charge on any atom is 0.256 e. The normalized spacial score (nSPS) is 15.9. The number of fused-ring (bicyclic) bond motifs is 1. The molecule has 0 aliphatic heterocycles. The number of carbonyl (C=O) groups excluding carboxylic acids is 2. The number of hydrogen-bond acceptors (Lipinski definition) is 4. The van der Waals surface area contributed by atoms with Crippen molar-refractivity contribution in [3.05, 3.63) is 45.8 Å². The van der Waals surface area contributed by atoms with E-state index in [4.69, 9.17) is 10.5 Å². The topological polar surface area (TPSA) is 81.4 Å². The Hall–Kier alpha value is -2.34. The maximum atomic E-state index is 12.7. The predicted octanol–water partition coefficient (Wildman–Crippen LogP) is 4.40. The summed E-state index contributed by atoms with van der Waals surface area (Å²) in [4.78, 5) is 25.9. The van der Waals surface area contributed by atoms with Gasteiger partial charge in [0, 0.05) is 10.4 Å². The van der Waals surface area contributed by atoms with Crippen LogP contribution in [-0.4, -0.2) is 18.4 Å². The third-order valence-electron chi connectivity index (χ3n) is 4.85. The van der Waals surface area contributed by atoms with Crippen LogP contribution in [-0.2, 0) is 12.8 Å². The summed E-state index contributed by atoms with van der Waals surface area (Å²) in [5.41, 5.74) is 7.61. The third-order valence-corrected chi connectivity index (χ3v) is 6.02. The fourth-order valence-corrected chi connectivity index (χ4v) is 4.75. The van der Waals surface area contributed by atoms with Crippen LogP contribution in [0.5, 0.6) is 5.75 Å². The van der Waals surface area contributed by atoms with Crippen molar-refractivity contribution < 1.29 is 14.3 Å². The smallest absolute Gasteiger partial charge is 0.256 e. The highest BCUT2D eigenvalue weighted by Gasteiger charge is 2.27. The minimum absolute atomic E-state index is 0.259. The molecule has 1 aromatic carbocycles. The van der Waals surface area contributed by atoms with E-state index in [0.717, 1.165) is 42.5 Å². The van der Waals surface area contributed by atoms with E-state index in [1.165, 1.54) is 11.3 Å². The summed E-state index contributed by atoms with van der Waals surface area (Å²) in [5, 5.41) is 3.46. The minimum atomic E-state index is -0.478. The van der Waals surface area contributed by atoms with Crippen LogP contribution < -0.4 is 15.8 Å². The van der Waals surface area contributed by atoms with Gasteiger partial charge in [-0.2, -0.15) is 0 Å². The largest absolute Gasteiger partial charge is 0.494 e. The summed E-state index contributed by atoms with van der Waals surface area (Å²) in [6.45, 7) is 4.93. The Balaban J connectivity index is 1.80. The standard InChI is InChI=1S/C21H26N2O3S/c1-3-4-10-26-15-7-5-6-14(12-15)20(25)23-21-18(19(22)24)16-9-8-13(2)11-17(16)27-21/h5-7,12-13H,3-4,8-11H2,1-2H3,(H2,22,24)(H,23,25)/t13-/m1/s1. The number of carbonyl (C=O) groups is 2. The zero-order valence-corrected chi connectivity index (χ0v) is 16.7. The van der Waals surface area contributed by atoms with E-state index >= 15 is 0 Å². The molecule has 144 valence electrons. The molecule has 3 N–H and O–H groups in total. The lowest BCUT2D eigenvalue weighted by molar-refractivity contribution is 0.1000. The Labute approximate surface area is 163 Å². The van der Waals surface area contributed by atoms with Gasteiger partial charge in [-0.25, -0.2) is 0 Å². The van der Waals surface area contributed by atoms with Gasteiger partial charge in [-0.3, -0.25) is 9.59 Å². The van der Waals surface area contributed by atoms with E-state index in [-0.39, 0.29) is 5.91 Å². The monoisotopic (exact) mass is 386 g/mol. The van der Waals surface area contributed by atoms with Crippen LogP contribution in [0, 0.1) is 5.92 Å². The van der Waals surface area contributed by atoms with Crippen LogP contribution in [0.3, 0.4) is 0 Å². The van der Waals surface area contributed by atoms with E-state index in [0.29, 0.717) is 34.4 Å². The molecule has 0 radical (unpaired) electrons. The highest BCUT2D eigenvalue weighted by atomic mass is 32.1. The van der Waals surface area contributed by atoms with Gasteiger partial charge in [-0.05, 0) is 55.4 Å². The van der Waals surface area contributed by atoms with Gasteiger partial charge in [0.1, 0.15) is 10.8 Å². The quantitative estimate of drug-likeness (QED) is 0.692. The highest BCUT2D eigenvalue weighted by molar-refractivity contribution is 7.17. The lowest BCUT2D eigenvalue weighted by Gasteiger charge is -2.18. The second kappa shape index (κ2) is 8.57. The summed E-state index contributed by atoms with van der Waals surface area (Å²) in [5.74, 6) is 0.516. The molecule has 5 nitrogen and oxygen atoms in total. The molecule has 0 spiro atoms. The number of nitrogens with two attached hydrogens (primary N) is 1. The molecule has 0 bridgehead atoms. The van der Waals surface area contributed by atoms with Crippen molar-refractivity contribution in [3.63, 3.8) is 0 Å². The molecule has 2 aromatic rings. The van der Waals surface area contributed by atoms with Gasteiger partial charge in [0.25, 0.3) is 11.8 Å². The molecule has 0 saturated carbocycles. The predicted molar refractivity (Wildman–Crippen MR) is 109 cm³/mol. The summed E-state index contributed by atoms with van der Waals surface area (Å²) >= 11 is 1.47. The van der Waals surface area contributed by atoms with Crippen molar-refractivity contribution in [1.29, 1.82) is 0 Å². The summed E-state index contributed by atoms with van der Waals surface area (Å²) < 4.78 is 5.68. The van der Waals surface area contributed by atoms with E-state index in [1.54, 1.807) is 18.2 Å². The molecule has 0 saturated heterocycles. The van der Waals surface area contributed by atoms with Crippen molar-refractivity contribution in [2.75, 3.05) is 11.9 Å². The van der Waals surface area contributed by atoms with E-state index in [2.05, 4.69) is 19.2 Å². The summed E-state index contributed by atoms with van der Waals surface area (Å²) in [7, 11) is 0. The molecule has 27 heavy (non-hydrogen) atoms. The molecule has 1 aliphatic carbocycles. The molecule has 6 heteroatoms. The third kappa shape index (κ3) is 4.50. The molecule has 0 unspecified atom stereocenters. The SMILES string of the molecule is CCCCOc1cccc(C(=O)Nc2sc3c(c2C(N)=O)CC[C@@H](C)C3)c1. The van der Waals surface area contributed by atoms with E-state index in [9.17, 15) is 9.59 Å². The lowest BCUT2D eigenvalue weighted by atomic mass is 9.88. The Morgan fingerprint density at radius 1 is 1.37 bits per heavy atom. The van der Waals surface area contributed by atoms with E-state index < -0.39 is 5.91 Å². The first-order chi connectivity index (χ1) is 13.0. The number of unbranched alkanes of at least 4 members (excludes halogenated alkanes) is 1. The number of nitrogens with one attached hydrogen (secondary N) is 1. The zero-order chi connectivity index (χ0) is 19.4. The first-order valence-corrected chi connectivity index (χ1v) is 10.3. The lowest BCUT2D eigenvalue weighted by Crippen LogP contribution is -2.19. The highest BCUT2D eigenvalue weighted by Crippen LogP contribution is 2.39. The summed E-state index contributed by atoms with van der Waals surface area (Å²) in [6.07, 6.45) is 4.82. The zero-order valence-electron chi connectivity index (χ0n) is 15.8. The van der Waals surface area contributed by atoms with Gasteiger partial charge >= 0.3 is 0 Å². The van der Waals surface area contributed by atoms with Gasteiger partial charge in [0.2, 0.25) is 0 Å². The number of hydrogen-bond donors (Lipinski definition) is 2. The number of primary amides is 1. The van der Waals surface area contributed by atoms with Gasteiger partial charge in [-0.1, -0.05) is 26.3 Å². The number of ether oxygens (including phenoxy) is 1. The van der Waals surface area contributed by atoms with Crippen LogP contribution >= 0.6 is 11.3 Å². The maximum absolute atomic E-state index is 12.7. The molecule has 1 aliphatic rings. The van der Waals surface area contributed by atoms with E-state index in [1.807, 2.05) is 6.07 Å². The molecule has 1 aromatic heterocycles. The Kier molecular flexibility index (Phi) is 6.16. The van der Waals surface area contributed by atoms with Crippen LogP contribution in [0.15, 0.2) is 24.3 Å². The first kappa shape index (κ1) is 19.4. The number of benzene rings is 1. The molecule has 3 rings (SSSR count). The average molecular weight is 387 g/mol. The van der Waals surface area contributed by atoms with Gasteiger partial charge in [0.15, 0.2) is 0 Å². The molecule has 2 amide bonds. The van der Waals surface area contributed by atoms with Crippen LogP contribution in [0.2, 0.25) is 0 Å². The van der Waals surface area contributed by atoms with Crippen molar-refractivity contribution in [2.24, 2.45) is 11.7 Å². The molecule has 1 atom stereocenters. The number of anilines is 1. The molecular weight excluding hydrogens is 360 g/mol. The molecular formula is C21H26N2O3S. The first-order valence-electron chi connectivity index (χ1n) is 9.48. The van der Waals surface area contributed by atoms with Gasteiger partial charge < -0.3 is 15.8 Å². The van der Waals surface area contributed by atoms with Crippen molar-refractivity contribution in [3.8, 4) is 5.75 Å². The van der Waals surface area contributed by atoms with Crippen LogP contribution in [0.1, 0.15) is 64.3 Å². The summed E-state index contributed by atoms with van der Waals surface area (Å²) in [6, 6.07) is 7.10. The van der Waals surface area contributed by atoms with Crippen LogP contribution in [0.4, 0.5) is 5.00 Å². The Morgan fingerprint density at radius 2 is 2.19 bits per heavy atom. The van der Waals surface area contributed by atoms with Crippen molar-refractivity contribution in [2.45, 2.75) is 46.0 Å².